The van der Waals surface area contributed by atoms with Gasteiger partial charge in [0.1, 0.15) is 10.7 Å². The molecule has 3 amide bonds. The molecule has 1 heterocycles. The third kappa shape index (κ3) is 6.10. The molecule has 0 unspecified atom stereocenters. The van der Waals surface area contributed by atoms with Gasteiger partial charge in [-0.15, -0.1) is 0 Å². The number of rotatable bonds is 10. The van der Waals surface area contributed by atoms with E-state index >= 15 is 0 Å². The van der Waals surface area contributed by atoms with Gasteiger partial charge in [-0.3, -0.25) is 14.4 Å². The summed E-state index contributed by atoms with van der Waals surface area (Å²) in [6.45, 7) is 2.69. The van der Waals surface area contributed by atoms with Crippen LogP contribution in [0, 0.1) is 0 Å². The monoisotopic (exact) mass is 531 g/mol. The van der Waals surface area contributed by atoms with E-state index in [1.54, 1.807) is 24.3 Å². The Morgan fingerprint density at radius 1 is 0.895 bits per heavy atom. The number of unbranched alkanes of at least 4 members (excludes halogenated alkanes) is 1. The van der Waals surface area contributed by atoms with Gasteiger partial charge < -0.3 is 15.4 Å². The Balaban J connectivity index is 1.43. The number of carbonyl (C=O) groups excluding carboxylic acids is 4. The number of anilines is 2. The molecular formula is C29H26ClN3O5. The fraction of sp³-hybridized carbons (Fsp3) is 0.172. The topological polar surface area (TPSA) is 105 Å². The zero-order valence-electron chi connectivity index (χ0n) is 20.7. The third-order valence-electron chi connectivity index (χ3n) is 5.81. The van der Waals surface area contributed by atoms with Gasteiger partial charge in [-0.25, -0.2) is 9.69 Å². The normalized spacial score (nSPS) is 13.1. The molecule has 0 aromatic heterocycles. The fourth-order valence-electron chi connectivity index (χ4n) is 3.75. The lowest BCUT2D eigenvalue weighted by Crippen LogP contribution is -2.32. The molecule has 2 N–H and O–H groups in total. The molecule has 38 heavy (non-hydrogen) atoms. The Labute approximate surface area is 225 Å². The zero-order valence-corrected chi connectivity index (χ0v) is 21.5. The van der Waals surface area contributed by atoms with Gasteiger partial charge in [0.2, 0.25) is 0 Å². The van der Waals surface area contributed by atoms with E-state index in [1.165, 1.54) is 24.3 Å². The van der Waals surface area contributed by atoms with Crippen LogP contribution in [0.25, 0.3) is 0 Å². The van der Waals surface area contributed by atoms with Crippen molar-refractivity contribution in [3.8, 4) is 0 Å². The van der Waals surface area contributed by atoms with Crippen molar-refractivity contribution in [1.82, 2.24) is 5.32 Å². The maximum atomic E-state index is 13.1. The van der Waals surface area contributed by atoms with E-state index in [0.29, 0.717) is 30.0 Å². The largest absolute Gasteiger partial charge is 0.462 e. The van der Waals surface area contributed by atoms with Crippen LogP contribution in [-0.2, 0) is 20.9 Å². The van der Waals surface area contributed by atoms with Crippen LogP contribution >= 0.6 is 11.6 Å². The molecule has 3 aromatic rings. The van der Waals surface area contributed by atoms with E-state index in [0.717, 1.165) is 23.3 Å². The molecular weight excluding hydrogens is 506 g/mol. The lowest BCUT2D eigenvalue weighted by Gasteiger charge is -2.15. The number of ether oxygens (including phenoxy) is 1. The third-order valence-corrected chi connectivity index (χ3v) is 6.16. The Hall–Kier alpha value is -4.43. The summed E-state index contributed by atoms with van der Waals surface area (Å²) in [5, 5.41) is 5.45. The Bertz CT molecular complexity index is 1390. The van der Waals surface area contributed by atoms with Crippen molar-refractivity contribution >= 4 is 46.7 Å². The highest BCUT2D eigenvalue weighted by molar-refractivity contribution is 6.53. The van der Waals surface area contributed by atoms with E-state index in [4.69, 9.17) is 16.3 Å². The Morgan fingerprint density at radius 3 is 2.34 bits per heavy atom. The molecule has 0 atom stereocenters. The molecule has 194 valence electrons. The second-order valence-electron chi connectivity index (χ2n) is 8.55. The smallest absolute Gasteiger partial charge is 0.338 e. The summed E-state index contributed by atoms with van der Waals surface area (Å²) >= 11 is 6.24. The molecule has 0 fully saturated rings. The predicted molar refractivity (Wildman–Crippen MR) is 145 cm³/mol. The lowest BCUT2D eigenvalue weighted by atomic mass is 10.1. The minimum Gasteiger partial charge on any atom is -0.462 e. The number of nitrogens with one attached hydrogen (secondary N) is 2. The average molecular weight is 532 g/mol. The van der Waals surface area contributed by atoms with Gasteiger partial charge in [0.25, 0.3) is 17.7 Å². The Morgan fingerprint density at radius 2 is 1.63 bits per heavy atom. The summed E-state index contributed by atoms with van der Waals surface area (Å²) in [7, 11) is 0. The van der Waals surface area contributed by atoms with Crippen LogP contribution in [0.15, 0.2) is 89.6 Å². The van der Waals surface area contributed by atoms with E-state index in [1.807, 2.05) is 37.3 Å². The number of esters is 1. The average Bonchev–Trinajstić information content (AvgIpc) is 3.15. The van der Waals surface area contributed by atoms with Gasteiger partial charge in [-0.05, 0) is 54.4 Å². The van der Waals surface area contributed by atoms with Crippen molar-refractivity contribution in [2.45, 2.75) is 26.3 Å². The molecule has 0 aliphatic carbocycles. The molecule has 0 saturated heterocycles. The van der Waals surface area contributed by atoms with E-state index in [9.17, 15) is 19.2 Å². The standard InChI is InChI=1S/C29H26ClN3O5/c1-2-3-16-38-29(37)20-12-14-23(15-13-20)33-27(35)24(30)25(28(33)36)32-22-11-7-10-21(17-22)26(34)31-18-19-8-5-4-6-9-19/h4-15,17,32H,2-3,16,18H2,1H3,(H,31,34). The van der Waals surface area contributed by atoms with Crippen LogP contribution in [0.5, 0.6) is 0 Å². The number of nitrogens with zero attached hydrogens (tertiary/aromatic N) is 1. The van der Waals surface area contributed by atoms with E-state index < -0.39 is 17.8 Å². The summed E-state index contributed by atoms with van der Waals surface area (Å²) in [5.74, 6) is -2.12. The molecule has 0 radical (unpaired) electrons. The summed E-state index contributed by atoms with van der Waals surface area (Å²) < 4.78 is 5.19. The van der Waals surface area contributed by atoms with Gasteiger partial charge in [-0.2, -0.15) is 0 Å². The van der Waals surface area contributed by atoms with Crippen LogP contribution < -0.4 is 15.5 Å². The molecule has 3 aromatic carbocycles. The van der Waals surface area contributed by atoms with Gasteiger partial charge >= 0.3 is 5.97 Å². The molecule has 0 bridgehead atoms. The van der Waals surface area contributed by atoms with Gasteiger partial charge in [0.05, 0.1) is 17.9 Å². The highest BCUT2D eigenvalue weighted by Gasteiger charge is 2.39. The number of amides is 3. The van der Waals surface area contributed by atoms with Crippen LogP contribution in [0.3, 0.4) is 0 Å². The van der Waals surface area contributed by atoms with Crippen LogP contribution in [0.4, 0.5) is 11.4 Å². The number of hydrogen-bond donors (Lipinski definition) is 2. The minimum atomic E-state index is -0.700. The van der Waals surface area contributed by atoms with Crippen molar-refractivity contribution in [3.05, 3.63) is 106 Å². The first-order valence-electron chi connectivity index (χ1n) is 12.1. The first-order chi connectivity index (χ1) is 18.4. The molecule has 4 rings (SSSR count). The van der Waals surface area contributed by atoms with Gasteiger partial charge in [-0.1, -0.05) is 61.3 Å². The molecule has 1 aliphatic heterocycles. The minimum absolute atomic E-state index is 0.110. The van der Waals surface area contributed by atoms with E-state index in [-0.39, 0.29) is 22.3 Å². The van der Waals surface area contributed by atoms with Crippen molar-refractivity contribution < 1.29 is 23.9 Å². The molecule has 0 saturated carbocycles. The van der Waals surface area contributed by atoms with Crippen molar-refractivity contribution in [2.24, 2.45) is 0 Å². The van der Waals surface area contributed by atoms with Crippen molar-refractivity contribution in [1.29, 1.82) is 0 Å². The second-order valence-corrected chi connectivity index (χ2v) is 8.92. The van der Waals surface area contributed by atoms with Crippen molar-refractivity contribution in [2.75, 3.05) is 16.8 Å². The lowest BCUT2D eigenvalue weighted by molar-refractivity contribution is -0.120. The summed E-state index contributed by atoms with van der Waals surface area (Å²) in [6.07, 6.45) is 1.67. The summed E-state index contributed by atoms with van der Waals surface area (Å²) in [6, 6.07) is 22.0. The first-order valence-corrected chi connectivity index (χ1v) is 12.5. The molecule has 0 spiro atoms. The highest BCUT2D eigenvalue weighted by Crippen LogP contribution is 2.30. The number of carbonyl (C=O) groups is 4. The maximum Gasteiger partial charge on any atom is 0.338 e. The summed E-state index contributed by atoms with van der Waals surface area (Å²) in [5.41, 5.74) is 2.21. The molecule has 9 heteroatoms. The number of benzene rings is 3. The zero-order chi connectivity index (χ0) is 27.1. The highest BCUT2D eigenvalue weighted by atomic mass is 35.5. The number of halogens is 1. The summed E-state index contributed by atoms with van der Waals surface area (Å²) in [4.78, 5) is 51.7. The fourth-order valence-corrected chi connectivity index (χ4v) is 3.96. The van der Waals surface area contributed by atoms with Crippen LogP contribution in [-0.4, -0.2) is 30.3 Å². The Kier molecular flexibility index (Phi) is 8.55. The quantitative estimate of drug-likeness (QED) is 0.216. The van der Waals surface area contributed by atoms with Crippen molar-refractivity contribution in [3.63, 3.8) is 0 Å². The predicted octanol–water partition coefficient (Wildman–Crippen LogP) is 5.01. The van der Waals surface area contributed by atoms with E-state index in [2.05, 4.69) is 10.6 Å². The SMILES string of the molecule is CCCCOC(=O)c1ccc(N2C(=O)C(Cl)=C(Nc3cccc(C(=O)NCc4ccccc4)c3)C2=O)cc1. The van der Waals surface area contributed by atoms with Gasteiger partial charge in [0, 0.05) is 17.8 Å². The van der Waals surface area contributed by atoms with Crippen LogP contribution in [0.1, 0.15) is 46.0 Å². The maximum absolute atomic E-state index is 13.1. The number of imide groups is 1. The molecule has 1 aliphatic rings. The second kappa shape index (κ2) is 12.2. The van der Waals surface area contributed by atoms with Gasteiger partial charge in [0.15, 0.2) is 0 Å². The van der Waals surface area contributed by atoms with Crippen LogP contribution in [0.2, 0.25) is 0 Å². The molecule has 8 nitrogen and oxygen atoms in total. The number of hydrogen-bond acceptors (Lipinski definition) is 6. The first kappa shape index (κ1) is 26.6.